The average molecular weight is 615 g/mol. The Balaban J connectivity index is 3.78. The minimum atomic E-state index is -1.06. The number of unbranched alkanes of at least 4 members (excludes halogenated alkanes) is 5. The molecule has 44 heavy (non-hydrogen) atoms. The van der Waals surface area contributed by atoms with Gasteiger partial charge in [0.2, 0.25) is 0 Å². The van der Waals surface area contributed by atoms with Gasteiger partial charge in [-0.05, 0) is 50.9 Å². The zero-order valence-electron chi connectivity index (χ0n) is 27.9. The third-order valence-electron chi connectivity index (χ3n) is 7.11. The van der Waals surface area contributed by atoms with Gasteiger partial charge in [0, 0.05) is 12.8 Å². The summed E-state index contributed by atoms with van der Waals surface area (Å²) in [4.78, 5) is 23.8. The molecule has 250 valence electrons. The van der Waals surface area contributed by atoms with Gasteiger partial charge in [0.15, 0.2) is 0 Å². The Labute approximate surface area is 268 Å². The van der Waals surface area contributed by atoms with E-state index in [1.54, 1.807) is 12.2 Å². The summed E-state index contributed by atoms with van der Waals surface area (Å²) in [6.07, 6.45) is 37.2. The molecule has 0 aliphatic heterocycles. The standard InChI is InChI=1S/C38H62O6/c1-4-6-7-8-9-10-11-12-13-14-15-16-17-18-22-25-28-35(39)30-31-38(42)44-33-36(40)32-43-37(41)29-26-23-20-19-21-24-27-34(3)5-2/h6-7,9-10,12-13,15-16,18,22,25,28,34-36,39-40H,4-5,8,11,14,17,19-21,23-24,26-27,29-33H2,1-3H3/b7-6-,10-9-,13-12-,16-15-,22-18-,28-25-/t34?,35?,36-/m1/s1. The molecule has 0 saturated carbocycles. The van der Waals surface area contributed by atoms with Gasteiger partial charge in [-0.3, -0.25) is 9.59 Å². The van der Waals surface area contributed by atoms with Gasteiger partial charge in [-0.1, -0.05) is 139 Å². The number of esters is 2. The second kappa shape index (κ2) is 31.7. The van der Waals surface area contributed by atoms with Gasteiger partial charge in [-0.2, -0.15) is 0 Å². The molecule has 0 aliphatic rings. The highest BCUT2D eigenvalue weighted by atomic mass is 16.6. The lowest BCUT2D eigenvalue weighted by Gasteiger charge is -2.12. The van der Waals surface area contributed by atoms with E-state index in [1.165, 1.54) is 32.1 Å². The van der Waals surface area contributed by atoms with Crippen LogP contribution < -0.4 is 0 Å². The maximum absolute atomic E-state index is 11.9. The van der Waals surface area contributed by atoms with Crippen molar-refractivity contribution in [2.45, 2.75) is 136 Å². The highest BCUT2D eigenvalue weighted by Gasteiger charge is 2.13. The molecule has 0 amide bonds. The molecule has 3 atom stereocenters. The minimum absolute atomic E-state index is 0.0291. The average Bonchev–Trinajstić information content (AvgIpc) is 3.02. The van der Waals surface area contributed by atoms with Crippen LogP contribution in [0.5, 0.6) is 0 Å². The molecule has 0 heterocycles. The Morgan fingerprint density at radius 3 is 1.68 bits per heavy atom. The zero-order chi connectivity index (χ0) is 32.5. The zero-order valence-corrected chi connectivity index (χ0v) is 27.9. The van der Waals surface area contributed by atoms with Crippen molar-refractivity contribution in [3.8, 4) is 0 Å². The third kappa shape index (κ3) is 30.7. The normalized spacial score (nSPS) is 14.6. The molecular formula is C38H62O6. The lowest BCUT2D eigenvalue weighted by molar-refractivity contribution is -0.152. The molecular weight excluding hydrogens is 552 g/mol. The number of hydrogen-bond acceptors (Lipinski definition) is 6. The Morgan fingerprint density at radius 2 is 1.11 bits per heavy atom. The maximum Gasteiger partial charge on any atom is 0.305 e. The van der Waals surface area contributed by atoms with Crippen LogP contribution >= 0.6 is 0 Å². The number of allylic oxidation sites excluding steroid dienone is 11. The first-order chi connectivity index (χ1) is 21.4. The quantitative estimate of drug-likeness (QED) is 0.0395. The molecule has 6 nitrogen and oxygen atoms in total. The fourth-order valence-corrected chi connectivity index (χ4v) is 4.11. The van der Waals surface area contributed by atoms with Crippen molar-refractivity contribution in [1.82, 2.24) is 0 Å². The first-order valence-corrected chi connectivity index (χ1v) is 17.0. The van der Waals surface area contributed by atoms with Gasteiger partial charge in [-0.25, -0.2) is 0 Å². The van der Waals surface area contributed by atoms with Crippen LogP contribution in [-0.2, 0) is 19.1 Å². The summed E-state index contributed by atoms with van der Waals surface area (Å²) in [5, 5.41) is 20.0. The Kier molecular flexibility index (Phi) is 29.8. The molecule has 0 aromatic carbocycles. The number of ether oxygens (including phenoxy) is 2. The van der Waals surface area contributed by atoms with Gasteiger partial charge in [0.1, 0.15) is 19.3 Å². The van der Waals surface area contributed by atoms with E-state index in [-0.39, 0.29) is 32.0 Å². The van der Waals surface area contributed by atoms with Crippen LogP contribution in [0.3, 0.4) is 0 Å². The first-order valence-electron chi connectivity index (χ1n) is 17.0. The molecule has 0 aromatic rings. The van der Waals surface area contributed by atoms with E-state index in [2.05, 4.69) is 69.4 Å². The van der Waals surface area contributed by atoms with Crippen LogP contribution in [0.25, 0.3) is 0 Å². The molecule has 2 unspecified atom stereocenters. The van der Waals surface area contributed by atoms with Gasteiger partial charge >= 0.3 is 11.9 Å². The smallest absolute Gasteiger partial charge is 0.305 e. The molecule has 0 aromatic heterocycles. The molecule has 6 heteroatoms. The van der Waals surface area contributed by atoms with E-state index < -0.39 is 18.2 Å². The van der Waals surface area contributed by atoms with Gasteiger partial charge in [-0.15, -0.1) is 0 Å². The number of aliphatic hydroxyl groups is 2. The van der Waals surface area contributed by atoms with Crippen molar-refractivity contribution >= 4 is 11.9 Å². The summed E-state index contributed by atoms with van der Waals surface area (Å²) in [6.45, 7) is 6.23. The molecule has 0 rings (SSSR count). The van der Waals surface area contributed by atoms with E-state index >= 15 is 0 Å². The van der Waals surface area contributed by atoms with E-state index in [9.17, 15) is 19.8 Å². The summed E-state index contributed by atoms with van der Waals surface area (Å²) in [5.41, 5.74) is 0. The van der Waals surface area contributed by atoms with Crippen LogP contribution in [0, 0.1) is 5.92 Å². The highest BCUT2D eigenvalue weighted by molar-refractivity contribution is 5.69. The lowest BCUT2D eigenvalue weighted by Crippen LogP contribution is -2.25. The summed E-state index contributed by atoms with van der Waals surface area (Å²) in [6, 6.07) is 0. The van der Waals surface area contributed by atoms with Crippen molar-refractivity contribution in [2.75, 3.05) is 13.2 Å². The van der Waals surface area contributed by atoms with Gasteiger partial charge in [0.25, 0.3) is 0 Å². The third-order valence-corrected chi connectivity index (χ3v) is 7.11. The van der Waals surface area contributed by atoms with E-state index in [1.807, 2.05) is 12.2 Å². The van der Waals surface area contributed by atoms with Crippen molar-refractivity contribution in [2.24, 2.45) is 5.92 Å². The largest absolute Gasteiger partial charge is 0.463 e. The molecule has 0 spiro atoms. The fraction of sp³-hybridized carbons (Fsp3) is 0.632. The summed E-state index contributed by atoms with van der Waals surface area (Å²) >= 11 is 0. The Bertz CT molecular complexity index is 867. The summed E-state index contributed by atoms with van der Waals surface area (Å²) in [5.74, 6) is -0.0402. The molecule has 2 N–H and O–H groups in total. The second-order valence-electron chi connectivity index (χ2n) is 11.3. The molecule has 0 aliphatic carbocycles. The SMILES string of the molecule is CC/C=C\C/C=C\C/C=C\C/C=C\C/C=C\C=C/C(O)CCC(=O)OC[C@H](O)COC(=O)CCCCCCCCC(C)CC. The van der Waals surface area contributed by atoms with Crippen molar-refractivity contribution < 1.29 is 29.3 Å². The molecule has 0 fully saturated rings. The number of aliphatic hydroxyl groups excluding tert-OH is 2. The highest BCUT2D eigenvalue weighted by Crippen LogP contribution is 2.14. The van der Waals surface area contributed by atoms with Crippen molar-refractivity contribution in [3.63, 3.8) is 0 Å². The molecule has 0 saturated heterocycles. The predicted molar refractivity (Wildman–Crippen MR) is 183 cm³/mol. The van der Waals surface area contributed by atoms with Crippen molar-refractivity contribution in [1.29, 1.82) is 0 Å². The molecule has 0 radical (unpaired) electrons. The number of carbonyl (C=O) groups is 2. The maximum atomic E-state index is 11.9. The van der Waals surface area contributed by atoms with E-state index in [0.717, 1.165) is 57.3 Å². The van der Waals surface area contributed by atoms with E-state index in [0.29, 0.717) is 6.42 Å². The summed E-state index contributed by atoms with van der Waals surface area (Å²) < 4.78 is 10.1. The molecule has 0 bridgehead atoms. The Morgan fingerprint density at radius 1 is 0.614 bits per heavy atom. The van der Waals surface area contributed by atoms with Gasteiger partial charge in [0.05, 0.1) is 6.10 Å². The second-order valence-corrected chi connectivity index (χ2v) is 11.3. The first kappa shape index (κ1) is 41.3. The Hall–Kier alpha value is -2.70. The number of rotatable bonds is 28. The van der Waals surface area contributed by atoms with Crippen molar-refractivity contribution in [3.05, 3.63) is 72.9 Å². The topological polar surface area (TPSA) is 93.1 Å². The van der Waals surface area contributed by atoms with Crippen LogP contribution in [0.1, 0.15) is 124 Å². The van der Waals surface area contributed by atoms with E-state index in [4.69, 9.17) is 9.47 Å². The number of hydrogen-bond donors (Lipinski definition) is 2. The monoisotopic (exact) mass is 614 g/mol. The number of carbonyl (C=O) groups excluding carboxylic acids is 2. The van der Waals surface area contributed by atoms with Crippen LogP contribution in [0.15, 0.2) is 72.9 Å². The predicted octanol–water partition coefficient (Wildman–Crippen LogP) is 9.05. The van der Waals surface area contributed by atoms with Gasteiger partial charge < -0.3 is 19.7 Å². The van der Waals surface area contributed by atoms with Crippen LogP contribution in [0.4, 0.5) is 0 Å². The van der Waals surface area contributed by atoms with Crippen LogP contribution in [0.2, 0.25) is 0 Å². The minimum Gasteiger partial charge on any atom is -0.463 e. The fourth-order valence-electron chi connectivity index (χ4n) is 4.11. The summed E-state index contributed by atoms with van der Waals surface area (Å²) in [7, 11) is 0. The lowest BCUT2D eigenvalue weighted by atomic mass is 10.00. The van der Waals surface area contributed by atoms with Crippen LogP contribution in [-0.4, -0.2) is 47.6 Å².